The molecule has 0 saturated heterocycles. The zero-order valence-corrected chi connectivity index (χ0v) is 9.37. The van der Waals surface area contributed by atoms with E-state index in [1.54, 1.807) is 6.07 Å². The Morgan fingerprint density at radius 1 is 1.62 bits per heavy atom. The predicted octanol–water partition coefficient (Wildman–Crippen LogP) is 1.79. The molecule has 1 rings (SSSR count). The van der Waals surface area contributed by atoms with Gasteiger partial charge in [0.15, 0.2) is 0 Å². The van der Waals surface area contributed by atoms with Crippen molar-refractivity contribution in [2.45, 2.75) is 6.04 Å². The van der Waals surface area contributed by atoms with Crippen LogP contribution in [0, 0.1) is 13.3 Å². The van der Waals surface area contributed by atoms with Crippen molar-refractivity contribution in [1.82, 2.24) is 0 Å². The SMILES string of the molecule is [CH2]C(N)[CH]c1cc(OCCF)ccc1NC. The highest BCUT2D eigenvalue weighted by Crippen LogP contribution is 2.23. The lowest BCUT2D eigenvalue weighted by Crippen LogP contribution is -2.17. The van der Waals surface area contributed by atoms with Gasteiger partial charge in [-0.2, -0.15) is 0 Å². The maximum absolute atomic E-state index is 12.0. The zero-order chi connectivity index (χ0) is 12.0. The van der Waals surface area contributed by atoms with Crippen LogP contribution in [-0.4, -0.2) is 26.4 Å². The molecular weight excluding hydrogens is 207 g/mol. The van der Waals surface area contributed by atoms with Crippen LogP contribution in [0.25, 0.3) is 0 Å². The molecule has 3 N–H and O–H groups in total. The van der Waals surface area contributed by atoms with Crippen molar-refractivity contribution >= 4 is 5.69 Å². The molecule has 0 fully saturated rings. The number of ether oxygens (including phenoxy) is 1. The Balaban J connectivity index is 2.83. The largest absolute Gasteiger partial charge is 0.491 e. The summed E-state index contributed by atoms with van der Waals surface area (Å²) in [5, 5.41) is 3.04. The van der Waals surface area contributed by atoms with Crippen molar-refractivity contribution in [3.8, 4) is 5.75 Å². The standard InChI is InChI=1S/C12H17FN2O/c1-9(14)7-10-8-11(16-6-5-13)3-4-12(10)15-2/h3-4,7-9,15H,1,5-6,14H2,2H3. The lowest BCUT2D eigenvalue weighted by atomic mass is 10.1. The van der Waals surface area contributed by atoms with Crippen molar-refractivity contribution in [2.24, 2.45) is 5.73 Å². The van der Waals surface area contributed by atoms with Crippen molar-refractivity contribution in [2.75, 3.05) is 25.6 Å². The molecule has 0 aliphatic heterocycles. The average molecular weight is 224 g/mol. The van der Waals surface area contributed by atoms with E-state index in [4.69, 9.17) is 10.5 Å². The molecule has 0 spiro atoms. The van der Waals surface area contributed by atoms with E-state index >= 15 is 0 Å². The molecule has 88 valence electrons. The molecule has 3 nitrogen and oxygen atoms in total. The first-order chi connectivity index (χ1) is 7.67. The van der Waals surface area contributed by atoms with Crippen molar-refractivity contribution < 1.29 is 9.13 Å². The molecular formula is C12H17FN2O. The summed E-state index contributed by atoms with van der Waals surface area (Å²) >= 11 is 0. The fourth-order valence-corrected chi connectivity index (χ4v) is 1.38. The van der Waals surface area contributed by atoms with E-state index in [2.05, 4.69) is 12.2 Å². The van der Waals surface area contributed by atoms with Gasteiger partial charge >= 0.3 is 0 Å². The minimum absolute atomic E-state index is 0.0643. The van der Waals surface area contributed by atoms with Crippen LogP contribution in [-0.2, 0) is 0 Å². The van der Waals surface area contributed by atoms with Gasteiger partial charge in [-0.15, -0.1) is 0 Å². The monoisotopic (exact) mass is 224 g/mol. The second kappa shape index (κ2) is 6.33. The minimum atomic E-state index is -0.498. The van der Waals surface area contributed by atoms with Gasteiger partial charge in [-0.05, 0) is 30.7 Å². The highest BCUT2D eigenvalue weighted by Gasteiger charge is 2.06. The Bertz CT molecular complexity index is 329. The summed E-state index contributed by atoms with van der Waals surface area (Å²) < 4.78 is 17.2. The number of hydrogen-bond acceptors (Lipinski definition) is 3. The molecule has 0 aliphatic rings. The van der Waals surface area contributed by atoms with E-state index in [9.17, 15) is 4.39 Å². The number of alkyl halides is 1. The van der Waals surface area contributed by atoms with E-state index in [0.717, 1.165) is 11.3 Å². The molecule has 1 aromatic carbocycles. The Morgan fingerprint density at radius 3 is 2.94 bits per heavy atom. The number of nitrogens with one attached hydrogen (secondary N) is 1. The first kappa shape index (κ1) is 12.8. The van der Waals surface area contributed by atoms with Crippen LogP contribution < -0.4 is 15.8 Å². The summed E-state index contributed by atoms with van der Waals surface area (Å²) in [5.41, 5.74) is 7.44. The molecule has 0 heterocycles. The number of halogens is 1. The lowest BCUT2D eigenvalue weighted by Gasteiger charge is -2.13. The van der Waals surface area contributed by atoms with Crippen LogP contribution in [0.3, 0.4) is 0 Å². The predicted molar refractivity (Wildman–Crippen MR) is 64.2 cm³/mol. The Hall–Kier alpha value is -1.29. The summed E-state index contributed by atoms with van der Waals surface area (Å²) in [6.07, 6.45) is 1.81. The van der Waals surface area contributed by atoms with E-state index in [1.165, 1.54) is 0 Å². The molecule has 0 bridgehead atoms. The Morgan fingerprint density at radius 2 is 2.38 bits per heavy atom. The third-order valence-electron chi connectivity index (χ3n) is 2.03. The maximum atomic E-state index is 12.0. The van der Waals surface area contributed by atoms with Gasteiger partial charge in [0.1, 0.15) is 19.0 Å². The highest BCUT2D eigenvalue weighted by atomic mass is 19.1. The second-order valence-corrected chi connectivity index (χ2v) is 3.37. The van der Waals surface area contributed by atoms with Crippen LogP contribution >= 0.6 is 0 Å². The highest BCUT2D eigenvalue weighted by molar-refractivity contribution is 5.57. The van der Waals surface area contributed by atoms with Crippen molar-refractivity contribution in [3.63, 3.8) is 0 Å². The first-order valence-corrected chi connectivity index (χ1v) is 5.11. The third-order valence-corrected chi connectivity index (χ3v) is 2.03. The molecule has 0 saturated carbocycles. The molecule has 0 aromatic heterocycles. The van der Waals surface area contributed by atoms with Gasteiger partial charge in [0.25, 0.3) is 0 Å². The minimum Gasteiger partial charge on any atom is -0.491 e. The summed E-state index contributed by atoms with van der Waals surface area (Å²) in [4.78, 5) is 0. The van der Waals surface area contributed by atoms with Crippen molar-refractivity contribution in [1.29, 1.82) is 0 Å². The van der Waals surface area contributed by atoms with Gasteiger partial charge in [0.2, 0.25) is 0 Å². The molecule has 1 aromatic rings. The summed E-state index contributed by atoms with van der Waals surface area (Å²) in [6, 6.07) is 5.17. The third kappa shape index (κ3) is 3.70. The number of anilines is 1. The van der Waals surface area contributed by atoms with E-state index < -0.39 is 6.67 Å². The van der Waals surface area contributed by atoms with Crippen LogP contribution in [0.4, 0.5) is 10.1 Å². The topological polar surface area (TPSA) is 47.3 Å². The second-order valence-electron chi connectivity index (χ2n) is 3.37. The lowest BCUT2D eigenvalue weighted by molar-refractivity contribution is 0.273. The number of hydrogen-bond donors (Lipinski definition) is 2. The fraction of sp³-hybridized carbons (Fsp3) is 0.333. The fourth-order valence-electron chi connectivity index (χ4n) is 1.38. The van der Waals surface area contributed by atoms with Gasteiger partial charge in [0.05, 0.1) is 0 Å². The van der Waals surface area contributed by atoms with Gasteiger partial charge in [0, 0.05) is 25.2 Å². The molecule has 4 heteroatoms. The van der Waals surface area contributed by atoms with E-state index in [-0.39, 0.29) is 12.6 Å². The summed E-state index contributed by atoms with van der Waals surface area (Å²) in [7, 11) is 1.82. The Kier molecular flexibility index (Phi) is 5.05. The van der Waals surface area contributed by atoms with Crippen LogP contribution in [0.1, 0.15) is 5.56 Å². The molecule has 0 amide bonds. The van der Waals surface area contributed by atoms with Crippen LogP contribution in [0.15, 0.2) is 18.2 Å². The van der Waals surface area contributed by atoms with Crippen molar-refractivity contribution in [3.05, 3.63) is 37.1 Å². The number of rotatable bonds is 6. The number of nitrogens with two attached hydrogens (primary N) is 1. The Labute approximate surface area is 95.8 Å². The normalized spacial score (nSPS) is 12.2. The average Bonchev–Trinajstić information content (AvgIpc) is 2.26. The van der Waals surface area contributed by atoms with Gasteiger partial charge in [-0.3, -0.25) is 0 Å². The molecule has 2 radical (unpaired) electrons. The van der Waals surface area contributed by atoms with E-state index in [0.29, 0.717) is 5.75 Å². The van der Waals surface area contributed by atoms with Gasteiger partial charge in [-0.1, -0.05) is 0 Å². The molecule has 1 atom stereocenters. The van der Waals surface area contributed by atoms with Gasteiger partial charge < -0.3 is 15.8 Å². The van der Waals surface area contributed by atoms with E-state index in [1.807, 2.05) is 25.6 Å². The maximum Gasteiger partial charge on any atom is 0.123 e. The number of benzene rings is 1. The van der Waals surface area contributed by atoms with Gasteiger partial charge in [-0.25, -0.2) is 4.39 Å². The quantitative estimate of drug-likeness (QED) is 0.774. The van der Waals surface area contributed by atoms with Crippen LogP contribution in [0.5, 0.6) is 5.75 Å². The first-order valence-electron chi connectivity index (χ1n) is 5.11. The summed E-state index contributed by atoms with van der Waals surface area (Å²) in [5.74, 6) is 0.628. The zero-order valence-electron chi connectivity index (χ0n) is 9.37. The molecule has 0 aliphatic carbocycles. The molecule has 16 heavy (non-hydrogen) atoms. The smallest absolute Gasteiger partial charge is 0.123 e. The molecule has 1 unspecified atom stereocenters. The van der Waals surface area contributed by atoms with Crippen LogP contribution in [0.2, 0.25) is 0 Å². The summed E-state index contributed by atoms with van der Waals surface area (Å²) in [6.45, 7) is 3.26.